The summed E-state index contributed by atoms with van der Waals surface area (Å²) >= 11 is 0. The molecule has 4 atom stereocenters. The van der Waals surface area contributed by atoms with E-state index in [1.807, 2.05) is 12.2 Å². The second-order valence-electron chi connectivity index (χ2n) is 8.95. The molecule has 1 aliphatic carbocycles. The highest BCUT2D eigenvalue weighted by Crippen LogP contribution is 2.37. The topological polar surface area (TPSA) is 140 Å². The van der Waals surface area contributed by atoms with Gasteiger partial charge in [-0.05, 0) is 43.4 Å². The number of hydrogen-bond donors (Lipinski definition) is 3. The lowest BCUT2D eigenvalue weighted by molar-refractivity contribution is -0.758. The van der Waals surface area contributed by atoms with E-state index in [4.69, 9.17) is 9.47 Å². The molecule has 0 bridgehead atoms. The molecule has 3 N–H and O–H groups in total. The summed E-state index contributed by atoms with van der Waals surface area (Å²) in [4.78, 5) is 25.9. The number of halogens is 2. The maximum atomic E-state index is 14.3. The van der Waals surface area contributed by atoms with Crippen molar-refractivity contribution in [2.75, 3.05) is 33.0 Å². The lowest BCUT2D eigenvalue weighted by atomic mass is 9.89. The maximum absolute atomic E-state index is 14.3. The van der Waals surface area contributed by atoms with Crippen LogP contribution in [0, 0.1) is 22.0 Å². The lowest BCUT2D eigenvalue weighted by Crippen LogP contribution is -2.27. The number of rotatable bonds is 18. The van der Waals surface area contributed by atoms with Crippen molar-refractivity contribution in [1.82, 2.24) is 5.32 Å². The van der Waals surface area contributed by atoms with Crippen LogP contribution in [0.5, 0.6) is 5.75 Å². The van der Waals surface area contributed by atoms with Gasteiger partial charge in [-0.25, -0.2) is 0 Å². The monoisotopic (exact) mass is 542 g/mol. The van der Waals surface area contributed by atoms with E-state index in [0.29, 0.717) is 31.4 Å². The second-order valence-corrected chi connectivity index (χ2v) is 8.95. The number of nitrogens with zero attached hydrogens (tertiary/aromatic N) is 1. The minimum absolute atomic E-state index is 0.0517. The third-order valence-corrected chi connectivity index (χ3v) is 6.00. The molecule has 1 aliphatic rings. The fourth-order valence-corrected chi connectivity index (χ4v) is 4.08. The van der Waals surface area contributed by atoms with Gasteiger partial charge in [0.25, 0.3) is 11.0 Å². The summed E-state index contributed by atoms with van der Waals surface area (Å²) in [7, 11) is 0. The minimum Gasteiger partial charge on any atom is -0.487 e. The van der Waals surface area contributed by atoms with Crippen LogP contribution < -0.4 is 10.1 Å². The number of allylic oxidation sites excluding steroid dienone is 2. The van der Waals surface area contributed by atoms with Crippen LogP contribution in [-0.2, 0) is 14.4 Å². The largest absolute Gasteiger partial charge is 0.487 e. The Morgan fingerprint density at radius 3 is 2.66 bits per heavy atom. The fraction of sp³-hybridized carbons (Fsp3) is 0.577. The van der Waals surface area contributed by atoms with Gasteiger partial charge in [0, 0.05) is 25.3 Å². The SMILES string of the molecule is O=C(CCC/C=C\C[C@@H]1[C@@H](/C=C/C(F)(F)COc2ccccc2)[C@H](O)C[C@@H]1O)NCCOCCO[N+](=O)[O-]. The Kier molecular flexibility index (Phi) is 13.7. The van der Waals surface area contributed by atoms with Crippen LogP contribution in [0.3, 0.4) is 0 Å². The standard InChI is InChI=1S/C26H36F2N2O8/c27-26(28,19-37-20-8-4-3-5-9-20)13-12-22-21(23(31)18-24(22)32)10-6-1-2-7-11-25(33)29-14-15-36-16-17-38-30(34)35/h1,3-6,8-9,12-13,21-24,31-32H,2,7,10-11,14-19H2,(H,29,33)/b6-1-,13-12+/t21-,22-,23+,24-/m1/s1. The Labute approximate surface area is 220 Å². The zero-order valence-electron chi connectivity index (χ0n) is 21.1. The van der Waals surface area contributed by atoms with E-state index >= 15 is 0 Å². The van der Waals surface area contributed by atoms with Crippen LogP contribution in [0.4, 0.5) is 8.78 Å². The molecule has 0 radical (unpaired) electrons. The average molecular weight is 543 g/mol. The molecule has 38 heavy (non-hydrogen) atoms. The number of benzene rings is 1. The summed E-state index contributed by atoms with van der Waals surface area (Å²) in [6.45, 7) is -0.457. The Balaban J connectivity index is 1.66. The highest BCUT2D eigenvalue weighted by Gasteiger charge is 2.40. The van der Waals surface area contributed by atoms with Gasteiger partial charge in [0.05, 0.1) is 25.4 Å². The van der Waals surface area contributed by atoms with Crippen molar-refractivity contribution < 1.29 is 43.2 Å². The number of alkyl halides is 2. The first-order valence-corrected chi connectivity index (χ1v) is 12.6. The number of aliphatic hydroxyl groups excluding tert-OH is 2. The summed E-state index contributed by atoms with van der Waals surface area (Å²) in [6.07, 6.45) is 6.01. The van der Waals surface area contributed by atoms with Gasteiger partial charge in [-0.2, -0.15) is 8.78 Å². The smallest absolute Gasteiger partial charge is 0.299 e. The summed E-state index contributed by atoms with van der Waals surface area (Å²) in [6, 6.07) is 8.31. The molecule has 1 amide bonds. The van der Waals surface area contributed by atoms with E-state index in [1.54, 1.807) is 30.3 Å². The van der Waals surface area contributed by atoms with Gasteiger partial charge in [0.1, 0.15) is 12.4 Å². The first kappa shape index (κ1) is 31.1. The third kappa shape index (κ3) is 12.4. The van der Waals surface area contributed by atoms with E-state index in [1.165, 1.54) is 6.08 Å². The molecule has 212 valence electrons. The Hall–Kier alpha value is -3.09. The first-order chi connectivity index (χ1) is 18.2. The van der Waals surface area contributed by atoms with E-state index in [2.05, 4.69) is 10.2 Å². The molecule has 1 saturated carbocycles. The molecule has 0 aromatic heterocycles. The molecule has 0 saturated heterocycles. The van der Waals surface area contributed by atoms with Gasteiger partial charge < -0.3 is 29.8 Å². The number of amides is 1. The zero-order chi connectivity index (χ0) is 27.8. The van der Waals surface area contributed by atoms with E-state index in [0.717, 1.165) is 6.08 Å². The molecule has 0 aliphatic heterocycles. The van der Waals surface area contributed by atoms with Crippen molar-refractivity contribution in [3.8, 4) is 5.75 Å². The molecular weight excluding hydrogens is 506 g/mol. The number of nitrogens with one attached hydrogen (secondary N) is 1. The van der Waals surface area contributed by atoms with Crippen LogP contribution in [0.1, 0.15) is 32.1 Å². The molecule has 2 rings (SSSR count). The van der Waals surface area contributed by atoms with Gasteiger partial charge in [-0.3, -0.25) is 4.79 Å². The molecule has 0 unspecified atom stereocenters. The normalized spacial score (nSPS) is 21.7. The molecule has 0 spiro atoms. The van der Waals surface area contributed by atoms with Crippen LogP contribution in [-0.4, -0.2) is 72.3 Å². The molecule has 10 nitrogen and oxygen atoms in total. The van der Waals surface area contributed by atoms with Crippen LogP contribution >= 0.6 is 0 Å². The minimum atomic E-state index is -3.23. The lowest BCUT2D eigenvalue weighted by Gasteiger charge is -2.20. The van der Waals surface area contributed by atoms with E-state index in [9.17, 15) is 33.9 Å². The van der Waals surface area contributed by atoms with Crippen molar-refractivity contribution >= 4 is 5.91 Å². The number of aliphatic hydroxyl groups is 2. The van der Waals surface area contributed by atoms with Crippen molar-refractivity contribution in [3.63, 3.8) is 0 Å². The number of para-hydroxylation sites is 1. The van der Waals surface area contributed by atoms with Crippen LogP contribution in [0.25, 0.3) is 0 Å². The summed E-state index contributed by atoms with van der Waals surface area (Å²) in [5.41, 5.74) is 0. The molecule has 1 aromatic carbocycles. The van der Waals surface area contributed by atoms with Gasteiger partial charge >= 0.3 is 0 Å². The van der Waals surface area contributed by atoms with Crippen molar-refractivity contribution in [2.24, 2.45) is 11.8 Å². The fourth-order valence-electron chi connectivity index (χ4n) is 4.08. The van der Waals surface area contributed by atoms with Crippen LogP contribution in [0.15, 0.2) is 54.6 Å². The predicted octanol–water partition coefficient (Wildman–Crippen LogP) is 3.07. The summed E-state index contributed by atoms with van der Waals surface area (Å²) in [5, 5.41) is 32.4. The zero-order valence-corrected chi connectivity index (χ0v) is 21.1. The molecule has 1 fully saturated rings. The Morgan fingerprint density at radius 2 is 1.92 bits per heavy atom. The predicted molar refractivity (Wildman–Crippen MR) is 134 cm³/mol. The maximum Gasteiger partial charge on any atom is 0.299 e. The summed E-state index contributed by atoms with van der Waals surface area (Å²) < 4.78 is 38.8. The van der Waals surface area contributed by atoms with Crippen molar-refractivity contribution in [2.45, 2.75) is 50.2 Å². The highest BCUT2D eigenvalue weighted by atomic mass is 19.3. The number of carbonyl (C=O) groups is 1. The van der Waals surface area contributed by atoms with Gasteiger partial charge in [0.15, 0.2) is 6.61 Å². The molecular formula is C26H36F2N2O8. The Bertz CT molecular complexity index is 900. The summed E-state index contributed by atoms with van der Waals surface area (Å²) in [5.74, 6) is -4.06. The number of hydrogen-bond acceptors (Lipinski definition) is 8. The number of unbranched alkanes of at least 4 members (excludes halogenated alkanes) is 1. The van der Waals surface area contributed by atoms with Crippen LogP contribution in [0.2, 0.25) is 0 Å². The van der Waals surface area contributed by atoms with Crippen molar-refractivity contribution in [3.05, 3.63) is 64.8 Å². The van der Waals surface area contributed by atoms with Gasteiger partial charge in [0.2, 0.25) is 5.91 Å². The molecule has 0 heterocycles. The van der Waals surface area contributed by atoms with Gasteiger partial charge in [-0.15, -0.1) is 10.1 Å². The van der Waals surface area contributed by atoms with E-state index < -0.39 is 41.7 Å². The first-order valence-electron chi connectivity index (χ1n) is 12.6. The third-order valence-electron chi connectivity index (χ3n) is 6.00. The average Bonchev–Trinajstić information content (AvgIpc) is 3.15. The van der Waals surface area contributed by atoms with Crippen molar-refractivity contribution in [1.29, 1.82) is 0 Å². The Morgan fingerprint density at radius 1 is 1.16 bits per heavy atom. The quantitative estimate of drug-likeness (QED) is 0.111. The number of ether oxygens (including phenoxy) is 2. The highest BCUT2D eigenvalue weighted by molar-refractivity contribution is 5.75. The second kappa shape index (κ2) is 16.7. The van der Waals surface area contributed by atoms with E-state index in [-0.39, 0.29) is 38.7 Å². The van der Waals surface area contributed by atoms with Gasteiger partial charge in [-0.1, -0.05) is 36.4 Å². The molecule has 12 heteroatoms. The number of carbonyl (C=O) groups excluding carboxylic acids is 1. The molecule has 1 aromatic rings.